The lowest BCUT2D eigenvalue weighted by molar-refractivity contribution is 0.159. The normalized spacial score (nSPS) is 20.8. The van der Waals surface area contributed by atoms with Gasteiger partial charge in [0, 0.05) is 19.1 Å². The quantitative estimate of drug-likeness (QED) is 0.862. The fourth-order valence-corrected chi connectivity index (χ4v) is 2.45. The van der Waals surface area contributed by atoms with E-state index in [9.17, 15) is 0 Å². The molecule has 2 rings (SSSR count). The zero-order valence-corrected chi connectivity index (χ0v) is 11.6. The van der Waals surface area contributed by atoms with Crippen molar-refractivity contribution in [1.82, 2.24) is 20.5 Å². The summed E-state index contributed by atoms with van der Waals surface area (Å²) in [5.74, 6) is 0.751. The van der Waals surface area contributed by atoms with Crippen LogP contribution in [0, 0.1) is 12.8 Å². The van der Waals surface area contributed by atoms with Gasteiger partial charge < -0.3 is 5.32 Å². The van der Waals surface area contributed by atoms with E-state index in [-0.39, 0.29) is 0 Å². The molecule has 0 aromatic carbocycles. The predicted molar refractivity (Wildman–Crippen MR) is 70.2 cm³/mol. The second-order valence-corrected chi connectivity index (χ2v) is 5.53. The number of rotatable bonds is 5. The van der Waals surface area contributed by atoms with Crippen LogP contribution in [-0.2, 0) is 6.54 Å². The molecule has 5 nitrogen and oxygen atoms in total. The highest BCUT2D eigenvalue weighted by atomic mass is 16.6. The highest BCUT2D eigenvalue weighted by Crippen LogP contribution is 2.16. The first kappa shape index (κ1) is 13.5. The first-order valence-corrected chi connectivity index (χ1v) is 6.89. The molecule has 2 heterocycles. The molecule has 1 aliphatic rings. The molecule has 102 valence electrons. The van der Waals surface area contributed by atoms with Crippen LogP contribution in [0.5, 0.6) is 0 Å². The molecule has 0 radical (unpaired) electrons. The standard InChI is InChI=1S/C13H24N4O/c1-10(2)17(8-12-5-4-6-14-7-12)9-13-11(3)15-18-16-13/h10,12,14H,4-9H2,1-3H3. The molecule has 1 saturated heterocycles. The predicted octanol–water partition coefficient (Wildman–Crippen LogP) is 1.59. The van der Waals surface area contributed by atoms with Crippen molar-refractivity contribution in [1.29, 1.82) is 0 Å². The van der Waals surface area contributed by atoms with E-state index in [2.05, 4.69) is 34.4 Å². The molecule has 18 heavy (non-hydrogen) atoms. The average Bonchev–Trinajstić information content (AvgIpc) is 2.75. The third-order valence-corrected chi connectivity index (χ3v) is 3.72. The van der Waals surface area contributed by atoms with Gasteiger partial charge in [-0.05, 0) is 52.6 Å². The Morgan fingerprint density at radius 2 is 2.28 bits per heavy atom. The second kappa shape index (κ2) is 6.29. The van der Waals surface area contributed by atoms with Gasteiger partial charge in [0.25, 0.3) is 0 Å². The summed E-state index contributed by atoms with van der Waals surface area (Å²) in [7, 11) is 0. The Bertz CT molecular complexity index is 358. The molecule has 1 atom stereocenters. The van der Waals surface area contributed by atoms with Crippen molar-refractivity contribution >= 4 is 0 Å². The Morgan fingerprint density at radius 3 is 2.83 bits per heavy atom. The molecule has 1 aromatic heterocycles. The summed E-state index contributed by atoms with van der Waals surface area (Å²) >= 11 is 0. The highest BCUT2D eigenvalue weighted by molar-refractivity contribution is 5.04. The Labute approximate surface area is 109 Å². The number of nitrogens with one attached hydrogen (secondary N) is 1. The minimum atomic E-state index is 0.517. The van der Waals surface area contributed by atoms with E-state index in [1.807, 2.05) is 6.92 Å². The van der Waals surface area contributed by atoms with E-state index in [1.165, 1.54) is 19.4 Å². The number of aromatic nitrogens is 2. The smallest absolute Gasteiger partial charge is 0.122 e. The molecule has 1 N–H and O–H groups in total. The van der Waals surface area contributed by atoms with Gasteiger partial charge in [-0.3, -0.25) is 4.90 Å². The number of hydrogen-bond donors (Lipinski definition) is 1. The van der Waals surface area contributed by atoms with Crippen molar-refractivity contribution in [2.45, 2.75) is 46.2 Å². The fourth-order valence-electron chi connectivity index (χ4n) is 2.45. The minimum Gasteiger partial charge on any atom is -0.316 e. The summed E-state index contributed by atoms with van der Waals surface area (Å²) in [6, 6.07) is 0.517. The lowest BCUT2D eigenvalue weighted by Gasteiger charge is -2.32. The molecule has 1 aliphatic heterocycles. The molecule has 0 saturated carbocycles. The van der Waals surface area contributed by atoms with E-state index < -0.39 is 0 Å². The van der Waals surface area contributed by atoms with E-state index in [4.69, 9.17) is 4.63 Å². The van der Waals surface area contributed by atoms with Gasteiger partial charge in [0.05, 0.1) is 0 Å². The van der Waals surface area contributed by atoms with Gasteiger partial charge >= 0.3 is 0 Å². The highest BCUT2D eigenvalue weighted by Gasteiger charge is 2.20. The van der Waals surface area contributed by atoms with Gasteiger partial charge in [0.1, 0.15) is 11.4 Å². The van der Waals surface area contributed by atoms with Crippen molar-refractivity contribution in [2.75, 3.05) is 19.6 Å². The number of piperidine rings is 1. The Balaban J connectivity index is 1.93. The average molecular weight is 252 g/mol. The van der Waals surface area contributed by atoms with Crippen LogP contribution in [0.4, 0.5) is 0 Å². The lowest BCUT2D eigenvalue weighted by Crippen LogP contribution is -2.40. The van der Waals surface area contributed by atoms with E-state index >= 15 is 0 Å². The number of aryl methyl sites for hydroxylation is 1. The molecule has 1 aromatic rings. The monoisotopic (exact) mass is 252 g/mol. The van der Waals surface area contributed by atoms with Crippen LogP contribution in [-0.4, -0.2) is 40.9 Å². The second-order valence-electron chi connectivity index (χ2n) is 5.53. The maximum Gasteiger partial charge on any atom is 0.122 e. The maximum absolute atomic E-state index is 4.78. The summed E-state index contributed by atoms with van der Waals surface area (Å²) in [6.45, 7) is 10.7. The summed E-state index contributed by atoms with van der Waals surface area (Å²) < 4.78 is 4.78. The van der Waals surface area contributed by atoms with E-state index in [0.717, 1.165) is 36.9 Å². The molecule has 0 bridgehead atoms. The van der Waals surface area contributed by atoms with Gasteiger partial charge in [0.2, 0.25) is 0 Å². The van der Waals surface area contributed by atoms with E-state index in [1.54, 1.807) is 0 Å². The SMILES string of the molecule is Cc1nonc1CN(CC1CCCNC1)C(C)C. The first-order valence-electron chi connectivity index (χ1n) is 6.89. The molecular weight excluding hydrogens is 228 g/mol. The van der Waals surface area contributed by atoms with Crippen molar-refractivity contribution in [3.05, 3.63) is 11.4 Å². The van der Waals surface area contributed by atoms with Crippen LogP contribution in [0.3, 0.4) is 0 Å². The fraction of sp³-hybridized carbons (Fsp3) is 0.846. The molecule has 5 heteroatoms. The summed E-state index contributed by atoms with van der Waals surface area (Å²) in [5.41, 5.74) is 1.87. The maximum atomic E-state index is 4.78. The van der Waals surface area contributed by atoms with Gasteiger partial charge in [-0.1, -0.05) is 10.3 Å². The summed E-state index contributed by atoms with van der Waals surface area (Å²) in [4.78, 5) is 2.46. The van der Waals surface area contributed by atoms with Crippen molar-refractivity contribution in [3.63, 3.8) is 0 Å². The molecule has 0 spiro atoms. The molecule has 0 amide bonds. The molecular formula is C13H24N4O. The van der Waals surface area contributed by atoms with Crippen LogP contribution in [0.1, 0.15) is 38.1 Å². The van der Waals surface area contributed by atoms with Crippen LogP contribution < -0.4 is 5.32 Å². The van der Waals surface area contributed by atoms with E-state index in [0.29, 0.717) is 6.04 Å². The molecule has 1 unspecified atom stereocenters. The Morgan fingerprint density at radius 1 is 1.44 bits per heavy atom. The first-order chi connectivity index (χ1) is 8.66. The van der Waals surface area contributed by atoms with Crippen molar-refractivity contribution in [3.8, 4) is 0 Å². The van der Waals surface area contributed by atoms with Crippen LogP contribution >= 0.6 is 0 Å². The van der Waals surface area contributed by atoms with Gasteiger partial charge in [-0.15, -0.1) is 0 Å². The van der Waals surface area contributed by atoms with Gasteiger partial charge in [-0.25, -0.2) is 4.63 Å². The van der Waals surface area contributed by atoms with Crippen LogP contribution in [0.25, 0.3) is 0 Å². The van der Waals surface area contributed by atoms with Crippen LogP contribution in [0.2, 0.25) is 0 Å². The Hall–Kier alpha value is -0.940. The lowest BCUT2D eigenvalue weighted by atomic mass is 9.98. The Kier molecular flexibility index (Phi) is 4.72. The van der Waals surface area contributed by atoms with Gasteiger partial charge in [-0.2, -0.15) is 0 Å². The van der Waals surface area contributed by atoms with Gasteiger partial charge in [0.15, 0.2) is 0 Å². The number of hydrogen-bond acceptors (Lipinski definition) is 5. The summed E-state index contributed by atoms with van der Waals surface area (Å²) in [6.07, 6.45) is 2.62. The van der Waals surface area contributed by atoms with Crippen molar-refractivity contribution < 1.29 is 4.63 Å². The molecule has 1 fully saturated rings. The topological polar surface area (TPSA) is 54.2 Å². The van der Waals surface area contributed by atoms with Crippen LogP contribution in [0.15, 0.2) is 4.63 Å². The third kappa shape index (κ3) is 3.53. The number of nitrogens with zero attached hydrogens (tertiary/aromatic N) is 3. The van der Waals surface area contributed by atoms with Crippen molar-refractivity contribution in [2.24, 2.45) is 5.92 Å². The summed E-state index contributed by atoms with van der Waals surface area (Å²) in [5, 5.41) is 11.3. The third-order valence-electron chi connectivity index (χ3n) is 3.72. The largest absolute Gasteiger partial charge is 0.316 e. The zero-order valence-electron chi connectivity index (χ0n) is 11.6. The minimum absolute atomic E-state index is 0.517. The zero-order chi connectivity index (χ0) is 13.0. The molecule has 0 aliphatic carbocycles.